The van der Waals surface area contributed by atoms with Gasteiger partial charge in [0.05, 0.1) is 12.5 Å². The molecule has 0 aromatic heterocycles. The third-order valence-electron chi connectivity index (χ3n) is 4.53. The van der Waals surface area contributed by atoms with Crippen molar-refractivity contribution < 1.29 is 14.4 Å². The zero-order valence-electron chi connectivity index (χ0n) is 15.4. The molecule has 6 heteroatoms. The molecule has 25 heavy (non-hydrogen) atoms. The average molecular weight is 345 g/mol. The van der Waals surface area contributed by atoms with E-state index in [4.69, 9.17) is 0 Å². The summed E-state index contributed by atoms with van der Waals surface area (Å²) in [5, 5.41) is 2.86. The zero-order valence-corrected chi connectivity index (χ0v) is 15.4. The van der Waals surface area contributed by atoms with Crippen LogP contribution in [0.5, 0.6) is 0 Å². The van der Waals surface area contributed by atoms with Gasteiger partial charge in [0.15, 0.2) is 0 Å². The molecule has 2 rings (SSSR count). The van der Waals surface area contributed by atoms with Crippen LogP contribution < -0.4 is 5.32 Å². The number of rotatable bonds is 5. The highest BCUT2D eigenvalue weighted by atomic mass is 16.2. The minimum absolute atomic E-state index is 0.0442. The average Bonchev–Trinajstić information content (AvgIpc) is 3.03. The highest BCUT2D eigenvalue weighted by molar-refractivity contribution is 5.88. The number of likely N-dealkylation sites (tertiary alicyclic amines) is 1. The molecule has 6 nitrogen and oxygen atoms in total. The molecular weight excluding hydrogens is 318 g/mol. The van der Waals surface area contributed by atoms with Crippen molar-refractivity contribution in [1.82, 2.24) is 15.1 Å². The third-order valence-corrected chi connectivity index (χ3v) is 4.53. The van der Waals surface area contributed by atoms with Crippen molar-refractivity contribution in [3.05, 3.63) is 35.4 Å². The minimum Gasteiger partial charge on any atom is -0.349 e. The van der Waals surface area contributed by atoms with Crippen LogP contribution in [0.3, 0.4) is 0 Å². The van der Waals surface area contributed by atoms with E-state index in [9.17, 15) is 14.4 Å². The number of benzene rings is 1. The van der Waals surface area contributed by atoms with Crippen molar-refractivity contribution in [3.8, 4) is 0 Å². The van der Waals surface area contributed by atoms with E-state index < -0.39 is 6.04 Å². The van der Waals surface area contributed by atoms with Crippen LogP contribution in [0.2, 0.25) is 0 Å². The van der Waals surface area contributed by atoms with E-state index in [-0.39, 0.29) is 30.2 Å². The third kappa shape index (κ3) is 4.81. The molecule has 2 atom stereocenters. The quantitative estimate of drug-likeness (QED) is 0.882. The van der Waals surface area contributed by atoms with Gasteiger partial charge in [-0.1, -0.05) is 29.8 Å². The predicted molar refractivity (Wildman–Crippen MR) is 95.8 cm³/mol. The van der Waals surface area contributed by atoms with Crippen molar-refractivity contribution in [2.24, 2.45) is 0 Å². The van der Waals surface area contributed by atoms with E-state index in [0.29, 0.717) is 13.0 Å². The van der Waals surface area contributed by atoms with E-state index in [2.05, 4.69) is 5.32 Å². The molecule has 1 aliphatic heterocycles. The first-order valence-corrected chi connectivity index (χ1v) is 8.64. The lowest BCUT2D eigenvalue weighted by molar-refractivity contribution is -0.142. The molecule has 1 aromatic carbocycles. The van der Waals surface area contributed by atoms with Crippen LogP contribution in [0.1, 0.15) is 43.4 Å². The standard InChI is InChI=1S/C19H27N3O3/c1-13-7-9-15(10-8-13)16(20-14(2)23)12-18(24)22-11-5-6-17(22)19(25)21(3)4/h7-10,16-17H,5-6,11-12H2,1-4H3,(H,20,23). The van der Waals surface area contributed by atoms with Crippen LogP contribution in [0.15, 0.2) is 24.3 Å². The summed E-state index contributed by atoms with van der Waals surface area (Å²) in [5.41, 5.74) is 2.01. The molecule has 0 radical (unpaired) electrons. The summed E-state index contributed by atoms with van der Waals surface area (Å²) in [5.74, 6) is -0.324. The van der Waals surface area contributed by atoms with Crippen LogP contribution in [0.25, 0.3) is 0 Å². The van der Waals surface area contributed by atoms with Crippen LogP contribution in [-0.2, 0) is 14.4 Å². The van der Waals surface area contributed by atoms with Crippen molar-refractivity contribution >= 4 is 17.7 Å². The Bertz CT molecular complexity index is 640. The number of nitrogens with one attached hydrogen (secondary N) is 1. The van der Waals surface area contributed by atoms with E-state index >= 15 is 0 Å². The lowest BCUT2D eigenvalue weighted by atomic mass is 10.0. The maximum atomic E-state index is 12.8. The van der Waals surface area contributed by atoms with Crippen molar-refractivity contribution in [1.29, 1.82) is 0 Å². The smallest absolute Gasteiger partial charge is 0.244 e. The molecule has 0 bridgehead atoms. The summed E-state index contributed by atoms with van der Waals surface area (Å²) in [6.07, 6.45) is 1.67. The second-order valence-electron chi connectivity index (χ2n) is 6.85. The monoisotopic (exact) mass is 345 g/mol. The summed E-state index contributed by atoms with van der Waals surface area (Å²) in [6.45, 7) is 4.02. The molecule has 0 aliphatic carbocycles. The van der Waals surface area contributed by atoms with Gasteiger partial charge >= 0.3 is 0 Å². The Morgan fingerprint density at radius 3 is 2.44 bits per heavy atom. The summed E-state index contributed by atoms with van der Waals surface area (Å²) in [4.78, 5) is 39.9. The largest absolute Gasteiger partial charge is 0.349 e. The molecule has 136 valence electrons. The first-order chi connectivity index (χ1) is 11.8. The molecular formula is C19H27N3O3. The molecule has 1 heterocycles. The molecule has 1 N–H and O–H groups in total. The Hall–Kier alpha value is -2.37. The van der Waals surface area contributed by atoms with Crippen molar-refractivity contribution in [2.45, 2.75) is 45.2 Å². The number of carbonyl (C=O) groups excluding carboxylic acids is 3. The SMILES string of the molecule is CC(=O)NC(CC(=O)N1CCCC1C(=O)N(C)C)c1ccc(C)cc1. The van der Waals surface area contributed by atoms with E-state index in [0.717, 1.165) is 17.5 Å². The zero-order chi connectivity index (χ0) is 18.6. The number of amides is 3. The van der Waals surface area contributed by atoms with Crippen LogP contribution in [0.4, 0.5) is 0 Å². The summed E-state index contributed by atoms with van der Waals surface area (Å²) >= 11 is 0. The fraction of sp³-hybridized carbons (Fsp3) is 0.526. The Labute approximate surface area is 149 Å². The molecule has 3 amide bonds. The van der Waals surface area contributed by atoms with Gasteiger partial charge in [-0.05, 0) is 25.3 Å². The van der Waals surface area contributed by atoms with E-state index in [1.54, 1.807) is 19.0 Å². The lowest BCUT2D eigenvalue weighted by Crippen LogP contribution is -2.46. The minimum atomic E-state index is -0.390. The lowest BCUT2D eigenvalue weighted by Gasteiger charge is -2.28. The van der Waals surface area contributed by atoms with Gasteiger partial charge in [-0.3, -0.25) is 14.4 Å². The molecule has 1 aliphatic rings. The van der Waals surface area contributed by atoms with Gasteiger partial charge in [0.1, 0.15) is 6.04 Å². The van der Waals surface area contributed by atoms with Gasteiger partial charge in [0, 0.05) is 27.6 Å². The Morgan fingerprint density at radius 1 is 1.24 bits per heavy atom. The Morgan fingerprint density at radius 2 is 1.88 bits per heavy atom. The fourth-order valence-electron chi connectivity index (χ4n) is 3.21. The van der Waals surface area contributed by atoms with E-state index in [1.807, 2.05) is 31.2 Å². The normalized spacial score (nSPS) is 17.9. The number of carbonyl (C=O) groups is 3. The number of hydrogen-bond donors (Lipinski definition) is 1. The molecule has 1 fully saturated rings. The number of likely N-dealkylation sites (N-methyl/N-ethyl adjacent to an activating group) is 1. The van der Waals surface area contributed by atoms with Gasteiger partial charge in [-0.15, -0.1) is 0 Å². The van der Waals surface area contributed by atoms with Crippen molar-refractivity contribution in [2.75, 3.05) is 20.6 Å². The molecule has 1 aromatic rings. The highest BCUT2D eigenvalue weighted by Gasteiger charge is 2.35. The first kappa shape index (κ1) is 19.0. The number of hydrogen-bond acceptors (Lipinski definition) is 3. The summed E-state index contributed by atoms with van der Waals surface area (Å²) < 4.78 is 0. The molecule has 2 unspecified atom stereocenters. The van der Waals surface area contributed by atoms with Gasteiger partial charge in [-0.25, -0.2) is 0 Å². The van der Waals surface area contributed by atoms with Gasteiger partial charge in [0.2, 0.25) is 17.7 Å². The van der Waals surface area contributed by atoms with Gasteiger partial charge < -0.3 is 15.1 Å². The molecule has 0 spiro atoms. The predicted octanol–water partition coefficient (Wildman–Crippen LogP) is 1.64. The topological polar surface area (TPSA) is 69.7 Å². The Kier molecular flexibility index (Phi) is 6.17. The fourth-order valence-corrected chi connectivity index (χ4v) is 3.21. The maximum absolute atomic E-state index is 12.8. The maximum Gasteiger partial charge on any atom is 0.244 e. The molecule has 0 saturated carbocycles. The highest BCUT2D eigenvalue weighted by Crippen LogP contribution is 2.24. The van der Waals surface area contributed by atoms with E-state index in [1.165, 1.54) is 11.8 Å². The second-order valence-corrected chi connectivity index (χ2v) is 6.85. The van der Waals surface area contributed by atoms with Gasteiger partial charge in [0.25, 0.3) is 0 Å². The second kappa shape index (κ2) is 8.14. The van der Waals surface area contributed by atoms with Crippen LogP contribution >= 0.6 is 0 Å². The van der Waals surface area contributed by atoms with Crippen LogP contribution in [0, 0.1) is 6.92 Å². The first-order valence-electron chi connectivity index (χ1n) is 8.64. The van der Waals surface area contributed by atoms with Crippen molar-refractivity contribution in [3.63, 3.8) is 0 Å². The molecule has 1 saturated heterocycles. The van der Waals surface area contributed by atoms with Gasteiger partial charge in [-0.2, -0.15) is 0 Å². The summed E-state index contributed by atoms with van der Waals surface area (Å²) in [7, 11) is 3.41. The summed E-state index contributed by atoms with van der Waals surface area (Å²) in [6, 6.07) is 7.00. The number of nitrogens with zero attached hydrogens (tertiary/aromatic N) is 2. The Balaban J connectivity index is 2.14. The number of aryl methyl sites for hydroxylation is 1. The van der Waals surface area contributed by atoms with Crippen LogP contribution in [-0.4, -0.2) is 54.2 Å².